The van der Waals surface area contributed by atoms with E-state index in [1.54, 1.807) is 25.3 Å². The fourth-order valence-electron chi connectivity index (χ4n) is 5.04. The number of hydrogen-bond acceptors (Lipinski definition) is 5. The molecule has 1 aliphatic heterocycles. The second-order valence-corrected chi connectivity index (χ2v) is 10.9. The van der Waals surface area contributed by atoms with Gasteiger partial charge in [0.15, 0.2) is 0 Å². The number of carbonyl (C=O) groups excluding carboxylic acids is 1. The van der Waals surface area contributed by atoms with Gasteiger partial charge in [-0.05, 0) is 49.8 Å². The van der Waals surface area contributed by atoms with E-state index in [9.17, 15) is 18.3 Å². The Labute approximate surface area is 201 Å². The topological polar surface area (TPSA) is 108 Å². The Kier molecular flexibility index (Phi) is 7.57. The van der Waals surface area contributed by atoms with E-state index in [1.807, 2.05) is 24.3 Å². The molecule has 1 atom stereocenters. The SMILES string of the molecule is COc1ccccc1C(=O)NCC1(c2ccccc2)CCC(NS(=O)(=O)N2CC[C@H](O)C2)CC1. The Bertz CT molecular complexity index is 1080. The fourth-order valence-corrected chi connectivity index (χ4v) is 6.56. The summed E-state index contributed by atoms with van der Waals surface area (Å²) >= 11 is 0. The third-order valence-corrected chi connectivity index (χ3v) is 8.69. The van der Waals surface area contributed by atoms with E-state index in [2.05, 4.69) is 22.2 Å². The van der Waals surface area contributed by atoms with Gasteiger partial charge < -0.3 is 15.2 Å². The summed E-state index contributed by atoms with van der Waals surface area (Å²) in [6.07, 6.45) is 2.66. The van der Waals surface area contributed by atoms with E-state index in [0.29, 0.717) is 43.7 Å². The van der Waals surface area contributed by atoms with Gasteiger partial charge in [-0.2, -0.15) is 17.4 Å². The second kappa shape index (κ2) is 10.4. The number of β-amino-alcohol motifs (C(OH)–C–C–N with tert-alkyl or cyclic N) is 1. The molecule has 8 nitrogen and oxygen atoms in total. The average molecular weight is 488 g/mol. The van der Waals surface area contributed by atoms with Crippen LogP contribution >= 0.6 is 0 Å². The van der Waals surface area contributed by atoms with E-state index < -0.39 is 16.3 Å². The fraction of sp³-hybridized carbons (Fsp3) is 0.480. The molecule has 1 aliphatic carbocycles. The minimum atomic E-state index is -3.62. The molecule has 1 heterocycles. The van der Waals surface area contributed by atoms with Crippen LogP contribution in [-0.2, 0) is 15.6 Å². The Hall–Kier alpha value is -2.46. The molecule has 1 saturated heterocycles. The number of nitrogens with one attached hydrogen (secondary N) is 2. The number of para-hydroxylation sites is 1. The van der Waals surface area contributed by atoms with Crippen LogP contribution in [0.5, 0.6) is 5.75 Å². The van der Waals surface area contributed by atoms with Crippen LogP contribution in [0.25, 0.3) is 0 Å². The van der Waals surface area contributed by atoms with Crippen LogP contribution in [0.2, 0.25) is 0 Å². The third-order valence-electron chi connectivity index (χ3n) is 7.05. The van der Waals surface area contributed by atoms with Crippen molar-refractivity contribution in [3.8, 4) is 5.75 Å². The molecular formula is C25H33N3O5S. The van der Waals surface area contributed by atoms with Crippen molar-refractivity contribution in [2.75, 3.05) is 26.7 Å². The predicted octanol–water partition coefficient (Wildman–Crippen LogP) is 2.21. The first-order chi connectivity index (χ1) is 16.3. The molecule has 2 aromatic rings. The Morgan fingerprint density at radius 1 is 1.09 bits per heavy atom. The van der Waals surface area contributed by atoms with Crippen LogP contribution in [0.4, 0.5) is 0 Å². The number of nitrogens with zero attached hydrogens (tertiary/aromatic N) is 1. The average Bonchev–Trinajstić information content (AvgIpc) is 3.31. The molecule has 4 rings (SSSR count). The number of methoxy groups -OCH3 is 1. The maximum Gasteiger partial charge on any atom is 0.279 e. The van der Waals surface area contributed by atoms with Gasteiger partial charge in [-0.1, -0.05) is 42.5 Å². The highest BCUT2D eigenvalue weighted by Crippen LogP contribution is 2.39. The molecule has 34 heavy (non-hydrogen) atoms. The number of benzene rings is 2. The van der Waals surface area contributed by atoms with Crippen LogP contribution < -0.4 is 14.8 Å². The molecule has 9 heteroatoms. The van der Waals surface area contributed by atoms with Gasteiger partial charge in [-0.15, -0.1) is 0 Å². The summed E-state index contributed by atoms with van der Waals surface area (Å²) in [4.78, 5) is 13.0. The summed E-state index contributed by atoms with van der Waals surface area (Å²) in [5.74, 6) is 0.335. The molecule has 0 aromatic heterocycles. The van der Waals surface area contributed by atoms with Crippen molar-refractivity contribution >= 4 is 16.1 Å². The third kappa shape index (κ3) is 5.43. The Morgan fingerprint density at radius 3 is 2.41 bits per heavy atom. The van der Waals surface area contributed by atoms with Crippen LogP contribution in [-0.4, -0.2) is 62.6 Å². The number of aliphatic hydroxyl groups is 1. The minimum Gasteiger partial charge on any atom is -0.496 e. The minimum absolute atomic E-state index is 0.144. The molecule has 2 fully saturated rings. The van der Waals surface area contributed by atoms with Crippen LogP contribution in [0, 0.1) is 0 Å². The van der Waals surface area contributed by atoms with Crippen LogP contribution in [0.3, 0.4) is 0 Å². The van der Waals surface area contributed by atoms with Gasteiger partial charge in [-0.25, -0.2) is 0 Å². The van der Waals surface area contributed by atoms with E-state index in [0.717, 1.165) is 18.4 Å². The number of hydrogen-bond donors (Lipinski definition) is 3. The van der Waals surface area contributed by atoms with Gasteiger partial charge in [0.2, 0.25) is 0 Å². The molecule has 2 aromatic carbocycles. The lowest BCUT2D eigenvalue weighted by Gasteiger charge is -2.41. The van der Waals surface area contributed by atoms with Crippen LogP contribution in [0.1, 0.15) is 48.0 Å². The van der Waals surface area contributed by atoms with Crippen molar-refractivity contribution < 1.29 is 23.1 Å². The smallest absolute Gasteiger partial charge is 0.279 e. The largest absolute Gasteiger partial charge is 0.496 e. The highest BCUT2D eigenvalue weighted by Gasteiger charge is 2.39. The Balaban J connectivity index is 1.45. The standard InChI is InChI=1S/C25H33N3O5S/c1-33-23-10-6-5-9-22(23)24(30)26-18-25(19-7-3-2-4-8-19)14-11-20(12-15-25)27-34(31,32)28-16-13-21(29)17-28/h2-10,20-21,27,29H,11-18H2,1H3,(H,26,30)/t20?,21-,25?/m0/s1. The summed E-state index contributed by atoms with van der Waals surface area (Å²) in [6.45, 7) is 0.933. The predicted molar refractivity (Wildman–Crippen MR) is 130 cm³/mol. The monoisotopic (exact) mass is 487 g/mol. The van der Waals surface area contributed by atoms with Crippen molar-refractivity contribution in [3.05, 3.63) is 65.7 Å². The van der Waals surface area contributed by atoms with Crippen molar-refractivity contribution in [2.45, 2.75) is 49.7 Å². The van der Waals surface area contributed by atoms with Crippen LogP contribution in [0.15, 0.2) is 54.6 Å². The summed E-state index contributed by atoms with van der Waals surface area (Å²) in [6, 6.07) is 17.1. The zero-order chi connectivity index (χ0) is 24.2. The Morgan fingerprint density at radius 2 is 1.76 bits per heavy atom. The first-order valence-corrected chi connectivity index (χ1v) is 13.2. The molecule has 1 amide bonds. The molecule has 1 saturated carbocycles. The summed E-state index contributed by atoms with van der Waals surface area (Å²) in [5, 5.41) is 12.8. The molecule has 0 unspecified atom stereocenters. The molecule has 3 N–H and O–H groups in total. The highest BCUT2D eigenvalue weighted by atomic mass is 32.2. The molecule has 184 valence electrons. The number of amides is 1. The first kappa shape index (κ1) is 24.7. The van der Waals surface area contributed by atoms with Gasteiger partial charge in [-0.3, -0.25) is 4.79 Å². The molecular weight excluding hydrogens is 454 g/mol. The van der Waals surface area contributed by atoms with Gasteiger partial charge in [0.05, 0.1) is 18.8 Å². The lowest BCUT2D eigenvalue weighted by Crippen LogP contribution is -2.50. The van der Waals surface area contributed by atoms with Crippen molar-refractivity contribution in [2.24, 2.45) is 0 Å². The summed E-state index contributed by atoms with van der Waals surface area (Å²) < 4.78 is 35.0. The quantitative estimate of drug-likeness (QED) is 0.529. The number of rotatable bonds is 8. The number of ether oxygens (including phenoxy) is 1. The van der Waals surface area contributed by atoms with Crippen molar-refractivity contribution in [1.29, 1.82) is 0 Å². The summed E-state index contributed by atoms with van der Waals surface area (Å²) in [7, 11) is -2.08. The van der Waals surface area contributed by atoms with Gasteiger partial charge in [0.25, 0.3) is 16.1 Å². The van der Waals surface area contributed by atoms with Gasteiger partial charge in [0.1, 0.15) is 5.75 Å². The van der Waals surface area contributed by atoms with Crippen molar-refractivity contribution in [1.82, 2.24) is 14.3 Å². The first-order valence-electron chi connectivity index (χ1n) is 11.8. The normalized spacial score (nSPS) is 25.7. The maximum atomic E-state index is 13.0. The molecule has 0 bridgehead atoms. The van der Waals surface area contributed by atoms with E-state index in [1.165, 1.54) is 4.31 Å². The number of carbonyl (C=O) groups is 1. The molecule has 0 spiro atoms. The number of aliphatic hydroxyl groups excluding tert-OH is 1. The van der Waals surface area contributed by atoms with Gasteiger partial charge >= 0.3 is 0 Å². The van der Waals surface area contributed by atoms with E-state index in [-0.39, 0.29) is 23.9 Å². The zero-order valence-electron chi connectivity index (χ0n) is 19.4. The second-order valence-electron chi connectivity index (χ2n) is 9.23. The summed E-state index contributed by atoms with van der Waals surface area (Å²) in [5.41, 5.74) is 1.34. The van der Waals surface area contributed by atoms with E-state index in [4.69, 9.17) is 4.74 Å². The molecule has 2 aliphatic rings. The lowest BCUT2D eigenvalue weighted by molar-refractivity contribution is 0.0932. The highest BCUT2D eigenvalue weighted by molar-refractivity contribution is 7.87. The molecule has 0 radical (unpaired) electrons. The maximum absolute atomic E-state index is 13.0. The zero-order valence-corrected chi connectivity index (χ0v) is 20.3. The van der Waals surface area contributed by atoms with E-state index >= 15 is 0 Å². The van der Waals surface area contributed by atoms with Crippen molar-refractivity contribution in [3.63, 3.8) is 0 Å². The van der Waals surface area contributed by atoms with Gasteiger partial charge in [0, 0.05) is 31.1 Å². The lowest BCUT2D eigenvalue weighted by atomic mass is 9.68.